The van der Waals surface area contributed by atoms with E-state index in [0.29, 0.717) is 32.5 Å². The van der Waals surface area contributed by atoms with Crippen LogP contribution < -0.4 is 10.6 Å². The number of hydrogen-bond donors (Lipinski definition) is 3. The molecule has 0 saturated heterocycles. The fourth-order valence-corrected chi connectivity index (χ4v) is 3.59. The zero-order valence-electron chi connectivity index (χ0n) is 21.1. The molecule has 0 fully saturated rings. The van der Waals surface area contributed by atoms with Crippen LogP contribution >= 0.6 is 0 Å². The Bertz CT molecular complexity index is 490. The van der Waals surface area contributed by atoms with Crippen LogP contribution in [-0.4, -0.2) is 60.1 Å². The standard InChI is InChI=1S/C26H49N3O3/c1-5-7-9-11-13-15-17-25(31)27-21-23(3)29(19-20-30)24(4)22-28-26(32)18-16-14-12-10-8-6-2/h7-10,23-24,30H,5-6,11-22H2,1-4H3,(H,27,31)(H,28,32)/b9-7+,10-8+. The Balaban J connectivity index is 4.20. The summed E-state index contributed by atoms with van der Waals surface area (Å²) in [7, 11) is 0. The zero-order chi connectivity index (χ0) is 24.0. The van der Waals surface area contributed by atoms with E-state index in [2.05, 4.69) is 53.7 Å². The van der Waals surface area contributed by atoms with Crippen molar-refractivity contribution in [1.82, 2.24) is 15.5 Å². The Morgan fingerprint density at radius 1 is 0.781 bits per heavy atom. The molecule has 0 radical (unpaired) electrons. The van der Waals surface area contributed by atoms with E-state index in [4.69, 9.17) is 0 Å². The molecule has 0 rings (SSSR count). The van der Waals surface area contributed by atoms with Crippen LogP contribution in [0, 0.1) is 0 Å². The predicted octanol–water partition coefficient (Wildman–Crippen LogP) is 4.34. The minimum atomic E-state index is 0.0487. The molecular weight excluding hydrogens is 402 g/mol. The Labute approximate surface area is 196 Å². The second-order valence-corrected chi connectivity index (χ2v) is 8.52. The molecule has 32 heavy (non-hydrogen) atoms. The van der Waals surface area contributed by atoms with Crippen LogP contribution in [0.5, 0.6) is 0 Å². The highest BCUT2D eigenvalue weighted by Crippen LogP contribution is 2.07. The molecule has 6 heteroatoms. The fraction of sp³-hybridized carbons (Fsp3) is 0.769. The van der Waals surface area contributed by atoms with E-state index >= 15 is 0 Å². The van der Waals surface area contributed by atoms with Gasteiger partial charge in [-0.1, -0.05) is 38.2 Å². The lowest BCUT2D eigenvalue weighted by Gasteiger charge is -2.34. The number of aliphatic hydroxyl groups is 1. The summed E-state index contributed by atoms with van der Waals surface area (Å²) in [5, 5.41) is 15.5. The van der Waals surface area contributed by atoms with Gasteiger partial charge in [-0.15, -0.1) is 0 Å². The Morgan fingerprint density at radius 3 is 1.59 bits per heavy atom. The Hall–Kier alpha value is -1.66. The van der Waals surface area contributed by atoms with Crippen LogP contribution in [0.25, 0.3) is 0 Å². The lowest BCUT2D eigenvalue weighted by atomic mass is 10.1. The topological polar surface area (TPSA) is 81.7 Å². The molecule has 0 bridgehead atoms. The first-order valence-corrected chi connectivity index (χ1v) is 12.7. The lowest BCUT2D eigenvalue weighted by Crippen LogP contribution is -2.51. The minimum Gasteiger partial charge on any atom is -0.395 e. The van der Waals surface area contributed by atoms with E-state index < -0.39 is 0 Å². The SMILES string of the molecule is CC/C=C/CCCCC(=O)NCC(C)N(CCO)C(C)CNC(=O)CCCC/C=C/CC. The van der Waals surface area contributed by atoms with E-state index in [0.717, 1.165) is 51.4 Å². The minimum absolute atomic E-state index is 0.0487. The highest BCUT2D eigenvalue weighted by Gasteiger charge is 2.20. The molecule has 0 aromatic carbocycles. The second-order valence-electron chi connectivity index (χ2n) is 8.52. The van der Waals surface area contributed by atoms with Crippen LogP contribution in [0.3, 0.4) is 0 Å². The van der Waals surface area contributed by atoms with Crippen LogP contribution in [0.15, 0.2) is 24.3 Å². The number of unbranched alkanes of at least 4 members (excludes halogenated alkanes) is 4. The summed E-state index contributed by atoms with van der Waals surface area (Å²) in [5.74, 6) is 0.157. The summed E-state index contributed by atoms with van der Waals surface area (Å²) in [6, 6.07) is 0.159. The van der Waals surface area contributed by atoms with Gasteiger partial charge in [0, 0.05) is 44.6 Å². The largest absolute Gasteiger partial charge is 0.395 e. The molecule has 0 spiro atoms. The number of rotatable bonds is 20. The van der Waals surface area contributed by atoms with Crippen molar-refractivity contribution >= 4 is 11.8 Å². The maximum atomic E-state index is 12.1. The molecule has 0 aromatic rings. The van der Waals surface area contributed by atoms with Crippen molar-refractivity contribution in [1.29, 1.82) is 0 Å². The third kappa shape index (κ3) is 17.0. The summed E-state index contributed by atoms with van der Waals surface area (Å²) in [5.41, 5.74) is 0. The molecule has 0 saturated carbocycles. The van der Waals surface area contributed by atoms with E-state index in [-0.39, 0.29) is 30.5 Å². The number of allylic oxidation sites excluding steroid dienone is 4. The van der Waals surface area contributed by atoms with Crippen molar-refractivity contribution in [3.8, 4) is 0 Å². The average Bonchev–Trinajstić information content (AvgIpc) is 2.78. The molecule has 0 heterocycles. The average molecular weight is 452 g/mol. The summed E-state index contributed by atoms with van der Waals surface area (Å²) < 4.78 is 0. The molecular formula is C26H49N3O3. The van der Waals surface area contributed by atoms with Gasteiger partial charge in [0.2, 0.25) is 11.8 Å². The first kappa shape index (κ1) is 30.3. The van der Waals surface area contributed by atoms with Gasteiger partial charge in [-0.3, -0.25) is 14.5 Å². The van der Waals surface area contributed by atoms with Gasteiger partial charge in [0.05, 0.1) is 6.61 Å². The van der Waals surface area contributed by atoms with Gasteiger partial charge < -0.3 is 15.7 Å². The van der Waals surface area contributed by atoms with Gasteiger partial charge in [0.25, 0.3) is 0 Å². The molecule has 3 N–H and O–H groups in total. The number of nitrogens with zero attached hydrogens (tertiary/aromatic N) is 1. The highest BCUT2D eigenvalue weighted by atomic mass is 16.3. The number of nitrogens with one attached hydrogen (secondary N) is 2. The molecule has 6 nitrogen and oxygen atoms in total. The smallest absolute Gasteiger partial charge is 0.220 e. The summed E-state index contributed by atoms with van der Waals surface area (Å²) in [4.78, 5) is 26.4. The first-order chi connectivity index (χ1) is 15.5. The molecule has 0 aromatic heterocycles. The molecule has 0 aliphatic carbocycles. The van der Waals surface area contributed by atoms with Gasteiger partial charge in [0.1, 0.15) is 0 Å². The van der Waals surface area contributed by atoms with Crippen molar-refractivity contribution < 1.29 is 14.7 Å². The van der Waals surface area contributed by atoms with Crippen LogP contribution in [0.2, 0.25) is 0 Å². The third-order valence-corrected chi connectivity index (χ3v) is 5.53. The molecule has 2 unspecified atom stereocenters. The Kier molecular flexibility index (Phi) is 20.1. The second kappa shape index (κ2) is 21.2. The number of aliphatic hydroxyl groups excluding tert-OH is 1. The third-order valence-electron chi connectivity index (χ3n) is 5.53. The van der Waals surface area contributed by atoms with Crippen LogP contribution in [0.4, 0.5) is 0 Å². The maximum Gasteiger partial charge on any atom is 0.220 e. The van der Waals surface area contributed by atoms with Gasteiger partial charge in [-0.25, -0.2) is 0 Å². The van der Waals surface area contributed by atoms with Crippen LogP contribution in [-0.2, 0) is 9.59 Å². The molecule has 186 valence electrons. The number of carbonyl (C=O) groups is 2. The quantitative estimate of drug-likeness (QED) is 0.190. The van der Waals surface area contributed by atoms with Gasteiger partial charge in [0.15, 0.2) is 0 Å². The van der Waals surface area contributed by atoms with Crippen molar-refractivity contribution in [2.75, 3.05) is 26.2 Å². The maximum absolute atomic E-state index is 12.1. The summed E-state index contributed by atoms with van der Waals surface area (Å²) >= 11 is 0. The van der Waals surface area contributed by atoms with Crippen LogP contribution in [0.1, 0.15) is 91.9 Å². The van der Waals surface area contributed by atoms with Gasteiger partial charge in [-0.05, 0) is 65.2 Å². The predicted molar refractivity (Wildman–Crippen MR) is 135 cm³/mol. The van der Waals surface area contributed by atoms with E-state index in [1.165, 1.54) is 0 Å². The monoisotopic (exact) mass is 451 g/mol. The van der Waals surface area contributed by atoms with Crippen molar-refractivity contribution in [3.05, 3.63) is 24.3 Å². The molecule has 2 amide bonds. The zero-order valence-corrected chi connectivity index (χ0v) is 21.1. The van der Waals surface area contributed by atoms with E-state index in [1.54, 1.807) is 0 Å². The number of hydrogen-bond acceptors (Lipinski definition) is 4. The normalized spacial score (nSPS) is 13.7. The molecule has 0 aliphatic heterocycles. The lowest BCUT2D eigenvalue weighted by molar-refractivity contribution is -0.121. The fourth-order valence-electron chi connectivity index (χ4n) is 3.59. The van der Waals surface area contributed by atoms with Crippen molar-refractivity contribution in [2.45, 2.75) is 104 Å². The van der Waals surface area contributed by atoms with Crippen molar-refractivity contribution in [3.63, 3.8) is 0 Å². The summed E-state index contributed by atoms with van der Waals surface area (Å²) in [6.07, 6.45) is 17.8. The summed E-state index contributed by atoms with van der Waals surface area (Å²) in [6.45, 7) is 9.98. The first-order valence-electron chi connectivity index (χ1n) is 12.7. The van der Waals surface area contributed by atoms with E-state index in [1.807, 2.05) is 13.8 Å². The Morgan fingerprint density at radius 2 is 1.22 bits per heavy atom. The van der Waals surface area contributed by atoms with Gasteiger partial charge in [-0.2, -0.15) is 0 Å². The highest BCUT2D eigenvalue weighted by molar-refractivity contribution is 5.76. The molecule has 0 aliphatic rings. The van der Waals surface area contributed by atoms with E-state index in [9.17, 15) is 14.7 Å². The van der Waals surface area contributed by atoms with Crippen molar-refractivity contribution in [2.24, 2.45) is 0 Å². The van der Waals surface area contributed by atoms with Gasteiger partial charge >= 0.3 is 0 Å². The molecule has 2 atom stereocenters. The number of amides is 2. The number of carbonyl (C=O) groups excluding carboxylic acids is 2.